The van der Waals surface area contributed by atoms with Gasteiger partial charge in [0.1, 0.15) is 0 Å². The highest BCUT2D eigenvalue weighted by Gasteiger charge is 2.41. The SMILES string of the molecule is COc1ccc(N2CCNCC23CCCC3)cc1OC. The molecular formula is C16H24N2O2. The Balaban J connectivity index is 1.93. The van der Waals surface area contributed by atoms with E-state index >= 15 is 0 Å². The molecule has 1 aromatic carbocycles. The first kappa shape index (κ1) is 13.6. The predicted octanol–water partition coefficient (Wildman–Crippen LogP) is 2.43. The lowest BCUT2D eigenvalue weighted by atomic mass is 9.92. The summed E-state index contributed by atoms with van der Waals surface area (Å²) in [4.78, 5) is 2.58. The van der Waals surface area contributed by atoms with Crippen molar-refractivity contribution in [3.63, 3.8) is 0 Å². The third-order valence-corrected chi connectivity index (χ3v) is 4.75. The molecule has 0 atom stereocenters. The molecule has 0 radical (unpaired) electrons. The number of rotatable bonds is 3. The first-order chi connectivity index (χ1) is 9.79. The average molecular weight is 276 g/mol. The Kier molecular flexibility index (Phi) is 3.74. The van der Waals surface area contributed by atoms with Crippen molar-refractivity contribution in [1.29, 1.82) is 0 Å². The van der Waals surface area contributed by atoms with Gasteiger partial charge in [0.15, 0.2) is 11.5 Å². The molecule has 110 valence electrons. The van der Waals surface area contributed by atoms with Gasteiger partial charge in [0.2, 0.25) is 0 Å². The minimum atomic E-state index is 0.303. The molecule has 1 aliphatic heterocycles. The normalized spacial score (nSPS) is 21.2. The number of anilines is 1. The largest absolute Gasteiger partial charge is 0.493 e. The lowest BCUT2D eigenvalue weighted by Crippen LogP contribution is -2.60. The molecular weight excluding hydrogens is 252 g/mol. The zero-order valence-electron chi connectivity index (χ0n) is 12.4. The van der Waals surface area contributed by atoms with E-state index in [1.807, 2.05) is 6.07 Å². The smallest absolute Gasteiger partial charge is 0.162 e. The van der Waals surface area contributed by atoms with Crippen LogP contribution in [0.15, 0.2) is 18.2 Å². The second kappa shape index (κ2) is 5.52. The Morgan fingerprint density at radius 1 is 1.10 bits per heavy atom. The van der Waals surface area contributed by atoms with E-state index in [0.29, 0.717) is 5.54 Å². The molecule has 3 rings (SSSR count). The first-order valence-electron chi connectivity index (χ1n) is 7.49. The van der Waals surface area contributed by atoms with E-state index in [2.05, 4.69) is 22.3 Å². The highest BCUT2D eigenvalue weighted by Crippen LogP contribution is 2.41. The minimum Gasteiger partial charge on any atom is -0.493 e. The van der Waals surface area contributed by atoms with E-state index < -0.39 is 0 Å². The van der Waals surface area contributed by atoms with Gasteiger partial charge >= 0.3 is 0 Å². The van der Waals surface area contributed by atoms with Gasteiger partial charge in [0.25, 0.3) is 0 Å². The second-order valence-electron chi connectivity index (χ2n) is 5.80. The summed E-state index contributed by atoms with van der Waals surface area (Å²) in [7, 11) is 3.38. The van der Waals surface area contributed by atoms with Crippen molar-refractivity contribution in [1.82, 2.24) is 5.32 Å². The Labute approximate surface area is 121 Å². The van der Waals surface area contributed by atoms with Crippen LogP contribution in [0.25, 0.3) is 0 Å². The van der Waals surface area contributed by atoms with Crippen molar-refractivity contribution in [2.24, 2.45) is 0 Å². The van der Waals surface area contributed by atoms with Crippen LogP contribution in [0, 0.1) is 0 Å². The van der Waals surface area contributed by atoms with Crippen LogP contribution in [-0.2, 0) is 0 Å². The number of nitrogens with one attached hydrogen (secondary N) is 1. The number of hydrogen-bond acceptors (Lipinski definition) is 4. The summed E-state index contributed by atoms with van der Waals surface area (Å²) in [6.45, 7) is 3.22. The third-order valence-electron chi connectivity index (χ3n) is 4.75. The van der Waals surface area contributed by atoms with Crippen LogP contribution in [0.1, 0.15) is 25.7 Å². The molecule has 4 nitrogen and oxygen atoms in total. The molecule has 4 heteroatoms. The molecule has 1 saturated carbocycles. The topological polar surface area (TPSA) is 33.7 Å². The van der Waals surface area contributed by atoms with E-state index in [1.54, 1.807) is 14.2 Å². The molecule has 1 aliphatic carbocycles. The highest BCUT2D eigenvalue weighted by atomic mass is 16.5. The Morgan fingerprint density at radius 3 is 2.55 bits per heavy atom. The van der Waals surface area contributed by atoms with Crippen molar-refractivity contribution < 1.29 is 9.47 Å². The van der Waals surface area contributed by atoms with Gasteiger partial charge in [-0.2, -0.15) is 0 Å². The lowest BCUT2D eigenvalue weighted by molar-refractivity contribution is 0.330. The van der Waals surface area contributed by atoms with Gasteiger partial charge in [-0.1, -0.05) is 12.8 Å². The van der Waals surface area contributed by atoms with Crippen LogP contribution in [0.4, 0.5) is 5.69 Å². The fourth-order valence-electron chi connectivity index (χ4n) is 3.72. The maximum Gasteiger partial charge on any atom is 0.162 e. The number of ether oxygens (including phenoxy) is 2. The standard InChI is InChI=1S/C16H24N2O2/c1-19-14-6-5-13(11-15(14)20-2)18-10-9-17-12-16(18)7-3-4-8-16/h5-6,11,17H,3-4,7-10,12H2,1-2H3. The van der Waals surface area contributed by atoms with Gasteiger partial charge in [0, 0.05) is 31.4 Å². The van der Waals surface area contributed by atoms with Crippen LogP contribution in [0.5, 0.6) is 11.5 Å². The van der Waals surface area contributed by atoms with Crippen molar-refractivity contribution in [2.45, 2.75) is 31.2 Å². The maximum atomic E-state index is 5.45. The fourth-order valence-corrected chi connectivity index (χ4v) is 3.72. The average Bonchev–Trinajstić information content (AvgIpc) is 2.96. The monoisotopic (exact) mass is 276 g/mol. The quantitative estimate of drug-likeness (QED) is 0.919. The molecule has 0 aromatic heterocycles. The molecule has 1 aromatic rings. The molecule has 2 aliphatic rings. The van der Waals surface area contributed by atoms with Crippen molar-refractivity contribution in [2.75, 3.05) is 38.8 Å². The zero-order chi connectivity index (χ0) is 14.0. The summed E-state index contributed by atoms with van der Waals surface area (Å²) >= 11 is 0. The molecule has 2 fully saturated rings. The summed E-state index contributed by atoms with van der Waals surface area (Å²) in [5, 5.41) is 3.57. The number of hydrogen-bond donors (Lipinski definition) is 1. The number of benzene rings is 1. The molecule has 0 amide bonds. The molecule has 0 unspecified atom stereocenters. The van der Waals surface area contributed by atoms with Gasteiger partial charge in [-0.05, 0) is 25.0 Å². The minimum absolute atomic E-state index is 0.303. The Morgan fingerprint density at radius 2 is 1.85 bits per heavy atom. The van der Waals surface area contributed by atoms with E-state index in [4.69, 9.17) is 9.47 Å². The van der Waals surface area contributed by atoms with Crippen LogP contribution in [0.2, 0.25) is 0 Å². The molecule has 0 bridgehead atoms. The summed E-state index contributed by atoms with van der Waals surface area (Å²) in [6.07, 6.45) is 5.25. The summed E-state index contributed by atoms with van der Waals surface area (Å²) < 4.78 is 10.8. The molecule has 1 saturated heterocycles. The number of piperazine rings is 1. The Hall–Kier alpha value is -1.42. The highest BCUT2D eigenvalue weighted by molar-refractivity contribution is 5.58. The van der Waals surface area contributed by atoms with E-state index in [0.717, 1.165) is 31.1 Å². The molecule has 1 N–H and O–H groups in total. The second-order valence-corrected chi connectivity index (χ2v) is 5.80. The first-order valence-corrected chi connectivity index (χ1v) is 7.49. The van der Waals surface area contributed by atoms with E-state index in [1.165, 1.54) is 31.4 Å². The van der Waals surface area contributed by atoms with Crippen molar-refractivity contribution in [3.8, 4) is 11.5 Å². The van der Waals surface area contributed by atoms with E-state index in [-0.39, 0.29) is 0 Å². The lowest BCUT2D eigenvalue weighted by Gasteiger charge is -2.47. The summed E-state index contributed by atoms with van der Waals surface area (Å²) in [5.41, 5.74) is 1.56. The zero-order valence-corrected chi connectivity index (χ0v) is 12.4. The van der Waals surface area contributed by atoms with Crippen molar-refractivity contribution >= 4 is 5.69 Å². The summed E-state index contributed by atoms with van der Waals surface area (Å²) in [6, 6.07) is 6.29. The van der Waals surface area contributed by atoms with Crippen LogP contribution in [-0.4, -0.2) is 39.4 Å². The van der Waals surface area contributed by atoms with Crippen LogP contribution >= 0.6 is 0 Å². The van der Waals surface area contributed by atoms with Gasteiger partial charge in [-0.3, -0.25) is 0 Å². The van der Waals surface area contributed by atoms with Gasteiger partial charge in [0.05, 0.1) is 19.8 Å². The maximum absolute atomic E-state index is 5.45. The predicted molar refractivity (Wildman–Crippen MR) is 81.0 cm³/mol. The number of methoxy groups -OCH3 is 2. The Bertz CT molecular complexity index is 470. The summed E-state index contributed by atoms with van der Waals surface area (Å²) in [5.74, 6) is 1.61. The third kappa shape index (κ3) is 2.22. The molecule has 1 spiro atoms. The van der Waals surface area contributed by atoms with Gasteiger partial charge < -0.3 is 19.7 Å². The van der Waals surface area contributed by atoms with Crippen LogP contribution in [0.3, 0.4) is 0 Å². The number of nitrogens with zero attached hydrogens (tertiary/aromatic N) is 1. The van der Waals surface area contributed by atoms with Gasteiger partial charge in [-0.15, -0.1) is 0 Å². The van der Waals surface area contributed by atoms with Crippen LogP contribution < -0.4 is 19.7 Å². The van der Waals surface area contributed by atoms with Gasteiger partial charge in [-0.25, -0.2) is 0 Å². The molecule has 20 heavy (non-hydrogen) atoms. The fraction of sp³-hybridized carbons (Fsp3) is 0.625. The molecule has 1 heterocycles. The van der Waals surface area contributed by atoms with Crippen molar-refractivity contribution in [3.05, 3.63) is 18.2 Å². The van der Waals surface area contributed by atoms with E-state index in [9.17, 15) is 0 Å².